The van der Waals surface area contributed by atoms with Crippen LogP contribution in [0.3, 0.4) is 0 Å². The van der Waals surface area contributed by atoms with Crippen LogP contribution >= 0.6 is 11.3 Å². The maximum Gasteiger partial charge on any atom is 0.0749 e. The van der Waals surface area contributed by atoms with E-state index in [9.17, 15) is 0 Å². The summed E-state index contributed by atoms with van der Waals surface area (Å²) in [5.74, 6) is 0. The Bertz CT molecular complexity index is 783. The van der Waals surface area contributed by atoms with Crippen LogP contribution in [-0.4, -0.2) is 18.8 Å². The van der Waals surface area contributed by atoms with Crippen LogP contribution in [0.1, 0.15) is 16.7 Å². The summed E-state index contributed by atoms with van der Waals surface area (Å²) in [4.78, 5) is 4.78. The molecule has 2 aromatic rings. The molecule has 0 radical (unpaired) electrons. The first-order valence-corrected chi connectivity index (χ1v) is 8.44. The molecule has 0 amide bonds. The summed E-state index contributed by atoms with van der Waals surface area (Å²) in [6.45, 7) is 5.40. The molecule has 0 saturated carbocycles. The molecule has 0 saturated heterocycles. The summed E-state index contributed by atoms with van der Waals surface area (Å²) in [5, 5.41) is 7.68. The number of aliphatic imine (C=N–C) groups is 1. The number of rotatable bonds is 4. The van der Waals surface area contributed by atoms with Gasteiger partial charge < -0.3 is 11.1 Å². The van der Waals surface area contributed by atoms with Crippen LogP contribution in [0.5, 0.6) is 0 Å². The van der Waals surface area contributed by atoms with Gasteiger partial charge in [0.25, 0.3) is 0 Å². The van der Waals surface area contributed by atoms with Crippen molar-refractivity contribution in [1.82, 2.24) is 0 Å². The highest BCUT2D eigenvalue weighted by Gasteiger charge is 2.16. The van der Waals surface area contributed by atoms with E-state index in [0.29, 0.717) is 0 Å². The molecular formula is C19H19N3S. The average Bonchev–Trinajstić information content (AvgIpc) is 3.01. The molecule has 116 valence electrons. The van der Waals surface area contributed by atoms with Gasteiger partial charge in [-0.05, 0) is 47.0 Å². The van der Waals surface area contributed by atoms with Gasteiger partial charge >= 0.3 is 0 Å². The van der Waals surface area contributed by atoms with E-state index in [2.05, 4.69) is 46.9 Å². The van der Waals surface area contributed by atoms with Crippen LogP contribution < -0.4 is 11.1 Å². The monoisotopic (exact) mass is 321 g/mol. The third kappa shape index (κ3) is 3.27. The Morgan fingerprint density at radius 1 is 1.35 bits per heavy atom. The number of fused-ring (bicyclic) bond motifs is 1. The summed E-state index contributed by atoms with van der Waals surface area (Å²) in [6.07, 6.45) is 7.16. The second kappa shape index (κ2) is 7.11. The van der Waals surface area contributed by atoms with E-state index in [1.807, 2.05) is 12.2 Å². The third-order valence-corrected chi connectivity index (χ3v) is 4.36. The van der Waals surface area contributed by atoms with Gasteiger partial charge in [-0.1, -0.05) is 24.8 Å². The first-order chi connectivity index (χ1) is 11.3. The third-order valence-electron chi connectivity index (χ3n) is 3.67. The van der Waals surface area contributed by atoms with Crippen molar-refractivity contribution in [2.24, 2.45) is 10.7 Å². The summed E-state index contributed by atoms with van der Waals surface area (Å²) >= 11 is 1.69. The van der Waals surface area contributed by atoms with Gasteiger partial charge in [0.15, 0.2) is 0 Å². The highest BCUT2D eigenvalue weighted by atomic mass is 32.1. The van der Waals surface area contributed by atoms with Crippen molar-refractivity contribution < 1.29 is 0 Å². The van der Waals surface area contributed by atoms with Crippen molar-refractivity contribution in [3.8, 4) is 0 Å². The van der Waals surface area contributed by atoms with E-state index in [-0.39, 0.29) is 0 Å². The minimum Gasteiger partial charge on any atom is -0.405 e. The van der Waals surface area contributed by atoms with E-state index in [1.165, 1.54) is 5.56 Å². The van der Waals surface area contributed by atoms with E-state index in [0.717, 1.165) is 41.2 Å². The van der Waals surface area contributed by atoms with Gasteiger partial charge in [0.1, 0.15) is 0 Å². The average molecular weight is 321 g/mol. The molecule has 1 aliphatic rings. The first-order valence-electron chi connectivity index (χ1n) is 7.50. The fraction of sp³-hybridized carbons (Fsp3) is 0.105. The molecule has 0 atom stereocenters. The van der Waals surface area contributed by atoms with Gasteiger partial charge in [-0.25, -0.2) is 0 Å². The van der Waals surface area contributed by atoms with Crippen LogP contribution in [-0.2, 0) is 0 Å². The van der Waals surface area contributed by atoms with Gasteiger partial charge in [-0.3, -0.25) is 4.99 Å². The number of nitrogens with one attached hydrogen (secondary N) is 1. The van der Waals surface area contributed by atoms with Gasteiger partial charge in [-0.2, -0.15) is 11.3 Å². The van der Waals surface area contributed by atoms with E-state index < -0.39 is 0 Å². The van der Waals surface area contributed by atoms with Gasteiger partial charge in [0.2, 0.25) is 0 Å². The minimum absolute atomic E-state index is 0.771. The highest BCUT2D eigenvalue weighted by molar-refractivity contribution is 7.08. The SMILES string of the molecule is C=C/C=C(\C=C/N)c1ccc2c(c1)C(c1ccsc1)=NCCN2. The maximum atomic E-state index is 5.57. The standard InChI is InChI=1S/C19H19N3S/c1-2-3-14(6-8-20)15-4-5-18-17(12-15)19(22-10-9-21-18)16-7-11-23-13-16/h2-8,11-13,21H,1,9-10,20H2/b8-6-,14-3+. The minimum atomic E-state index is 0.771. The van der Waals surface area contributed by atoms with Crippen molar-refractivity contribution in [3.63, 3.8) is 0 Å². The Labute approximate surface area is 140 Å². The quantitative estimate of drug-likeness (QED) is 0.835. The molecule has 4 heteroatoms. The molecule has 3 rings (SSSR count). The summed E-state index contributed by atoms with van der Waals surface area (Å²) in [5.41, 5.74) is 12.1. The van der Waals surface area contributed by atoms with E-state index in [4.69, 9.17) is 10.7 Å². The highest BCUT2D eigenvalue weighted by Crippen LogP contribution is 2.28. The lowest BCUT2D eigenvalue weighted by atomic mass is 9.96. The van der Waals surface area contributed by atoms with Crippen molar-refractivity contribution in [3.05, 3.63) is 82.7 Å². The van der Waals surface area contributed by atoms with Gasteiger partial charge in [-0.15, -0.1) is 0 Å². The molecule has 0 spiro atoms. The van der Waals surface area contributed by atoms with E-state index >= 15 is 0 Å². The topological polar surface area (TPSA) is 50.4 Å². The number of hydrogen-bond donors (Lipinski definition) is 2. The molecule has 1 aliphatic heterocycles. The molecule has 0 unspecified atom stereocenters. The normalized spacial score (nSPS) is 14.8. The zero-order valence-electron chi connectivity index (χ0n) is 12.8. The first kappa shape index (κ1) is 15.3. The molecule has 0 aliphatic carbocycles. The molecule has 1 aromatic heterocycles. The Morgan fingerprint density at radius 3 is 3.00 bits per heavy atom. The zero-order chi connectivity index (χ0) is 16.1. The molecule has 1 aromatic carbocycles. The Morgan fingerprint density at radius 2 is 2.26 bits per heavy atom. The van der Waals surface area contributed by atoms with Crippen molar-refractivity contribution >= 4 is 28.3 Å². The fourth-order valence-corrected chi connectivity index (χ4v) is 3.28. The number of nitrogens with zero attached hydrogens (tertiary/aromatic N) is 1. The van der Waals surface area contributed by atoms with Gasteiger partial charge in [0.05, 0.1) is 12.3 Å². The van der Waals surface area contributed by atoms with Crippen LogP contribution in [0.4, 0.5) is 5.69 Å². The smallest absolute Gasteiger partial charge is 0.0749 e. The molecule has 0 bridgehead atoms. The van der Waals surface area contributed by atoms with Gasteiger partial charge in [0, 0.05) is 28.7 Å². The number of benzene rings is 1. The number of hydrogen-bond acceptors (Lipinski definition) is 4. The lowest BCUT2D eigenvalue weighted by molar-refractivity contribution is 1.04. The summed E-state index contributed by atoms with van der Waals surface area (Å²) in [7, 11) is 0. The Balaban J connectivity index is 2.13. The summed E-state index contributed by atoms with van der Waals surface area (Å²) < 4.78 is 0. The fourth-order valence-electron chi connectivity index (χ4n) is 2.64. The van der Waals surface area contributed by atoms with Crippen LogP contribution in [0.15, 0.2) is 71.0 Å². The van der Waals surface area contributed by atoms with Crippen LogP contribution in [0.2, 0.25) is 0 Å². The molecular weight excluding hydrogens is 302 g/mol. The number of allylic oxidation sites excluding steroid dienone is 4. The lowest BCUT2D eigenvalue weighted by Gasteiger charge is -2.12. The van der Waals surface area contributed by atoms with Crippen LogP contribution in [0, 0.1) is 0 Å². The largest absolute Gasteiger partial charge is 0.405 e. The molecule has 23 heavy (non-hydrogen) atoms. The van der Waals surface area contributed by atoms with Crippen LogP contribution in [0.25, 0.3) is 5.57 Å². The second-order valence-electron chi connectivity index (χ2n) is 5.15. The Kier molecular flexibility index (Phi) is 4.74. The second-order valence-corrected chi connectivity index (χ2v) is 5.93. The predicted molar refractivity (Wildman–Crippen MR) is 101 cm³/mol. The van der Waals surface area contributed by atoms with Crippen molar-refractivity contribution in [2.75, 3.05) is 18.4 Å². The number of anilines is 1. The number of benzodiazepines with no additional fused rings is 1. The number of thiophene rings is 1. The zero-order valence-corrected chi connectivity index (χ0v) is 13.6. The van der Waals surface area contributed by atoms with E-state index in [1.54, 1.807) is 23.6 Å². The van der Waals surface area contributed by atoms with Crippen molar-refractivity contribution in [2.45, 2.75) is 0 Å². The molecule has 2 heterocycles. The summed E-state index contributed by atoms with van der Waals surface area (Å²) in [6, 6.07) is 8.49. The number of nitrogens with two attached hydrogens (primary N) is 1. The maximum absolute atomic E-state index is 5.57. The molecule has 3 nitrogen and oxygen atoms in total. The predicted octanol–water partition coefficient (Wildman–Crippen LogP) is 4.05. The lowest BCUT2D eigenvalue weighted by Crippen LogP contribution is -2.05. The van der Waals surface area contributed by atoms with Crippen molar-refractivity contribution in [1.29, 1.82) is 0 Å². The molecule has 3 N–H and O–H groups in total. The molecule has 0 fully saturated rings. The Hall–Kier alpha value is -2.59.